The molecule has 0 saturated carbocycles. The molecule has 7 heteroatoms. The van der Waals surface area contributed by atoms with E-state index >= 15 is 0 Å². The molecule has 0 saturated heterocycles. The third kappa shape index (κ3) is 4.17. The highest BCUT2D eigenvalue weighted by molar-refractivity contribution is 5.54. The Hall–Kier alpha value is -1.89. The largest absolute Gasteiger partial charge is 0.396 e. The van der Waals surface area contributed by atoms with Gasteiger partial charge in [-0.25, -0.2) is 4.98 Å². The van der Waals surface area contributed by atoms with E-state index in [4.69, 9.17) is 5.11 Å². The fourth-order valence-corrected chi connectivity index (χ4v) is 1.49. The van der Waals surface area contributed by atoms with E-state index < -0.39 is 4.92 Å². The van der Waals surface area contributed by atoms with Crippen molar-refractivity contribution in [3.63, 3.8) is 0 Å². The highest BCUT2D eigenvalue weighted by Crippen LogP contribution is 2.21. The van der Waals surface area contributed by atoms with Crippen molar-refractivity contribution in [1.29, 1.82) is 0 Å². The van der Waals surface area contributed by atoms with Crippen LogP contribution < -0.4 is 10.6 Å². The normalized spacial score (nSPS) is 11.9. The number of aliphatic hydroxyl groups is 1. The van der Waals surface area contributed by atoms with Gasteiger partial charge in [-0.2, -0.15) is 0 Å². The average molecular weight is 254 g/mol. The Morgan fingerprint density at radius 3 is 2.72 bits per heavy atom. The van der Waals surface area contributed by atoms with Crippen LogP contribution in [0, 0.1) is 10.1 Å². The fraction of sp³-hybridized carbons (Fsp3) is 0.545. The molecule has 1 atom stereocenters. The van der Waals surface area contributed by atoms with E-state index in [1.54, 1.807) is 0 Å². The summed E-state index contributed by atoms with van der Waals surface area (Å²) in [5.41, 5.74) is -0.0142. The second-order valence-electron chi connectivity index (χ2n) is 3.94. The van der Waals surface area contributed by atoms with Crippen molar-refractivity contribution in [2.45, 2.75) is 26.3 Å². The highest BCUT2D eigenvalue weighted by Gasteiger charge is 2.12. The minimum absolute atomic E-state index is 0.000944. The summed E-state index contributed by atoms with van der Waals surface area (Å²) in [5, 5.41) is 25.6. The molecule has 0 bridgehead atoms. The predicted molar refractivity (Wildman–Crippen MR) is 69.8 cm³/mol. The lowest BCUT2D eigenvalue weighted by atomic mass is 10.2. The van der Waals surface area contributed by atoms with Gasteiger partial charge in [-0.1, -0.05) is 0 Å². The maximum atomic E-state index is 10.8. The Morgan fingerprint density at radius 2 is 2.17 bits per heavy atom. The van der Waals surface area contributed by atoms with Crippen LogP contribution in [-0.2, 0) is 0 Å². The molecule has 0 aromatic carbocycles. The lowest BCUT2D eigenvalue weighted by molar-refractivity contribution is -0.384. The lowest BCUT2D eigenvalue weighted by Crippen LogP contribution is -2.18. The molecule has 0 radical (unpaired) electrons. The number of hydrogen-bond donors (Lipinski definition) is 3. The van der Waals surface area contributed by atoms with Gasteiger partial charge < -0.3 is 15.7 Å². The summed E-state index contributed by atoms with van der Waals surface area (Å²) in [4.78, 5) is 14.6. The highest BCUT2D eigenvalue weighted by atomic mass is 16.6. The van der Waals surface area contributed by atoms with Crippen molar-refractivity contribution in [2.24, 2.45) is 0 Å². The van der Waals surface area contributed by atoms with Gasteiger partial charge in [-0.05, 0) is 20.3 Å². The van der Waals surface area contributed by atoms with Gasteiger partial charge in [0.15, 0.2) is 0 Å². The van der Waals surface area contributed by atoms with Crippen LogP contribution in [0.3, 0.4) is 0 Å². The van der Waals surface area contributed by atoms with E-state index in [0.717, 1.165) is 0 Å². The lowest BCUT2D eigenvalue weighted by Gasteiger charge is -2.14. The number of anilines is 2. The van der Waals surface area contributed by atoms with Crippen molar-refractivity contribution in [3.05, 3.63) is 22.2 Å². The summed E-state index contributed by atoms with van der Waals surface area (Å²) in [6.45, 7) is 4.47. The molecule has 1 aromatic rings. The number of nitro groups is 1. The molecule has 100 valence electrons. The molecule has 0 aliphatic heterocycles. The van der Waals surface area contributed by atoms with Gasteiger partial charge in [0.2, 0.25) is 0 Å². The summed E-state index contributed by atoms with van der Waals surface area (Å²) in [6, 6.07) is 2.78. The summed E-state index contributed by atoms with van der Waals surface area (Å²) in [6.07, 6.45) is 0.556. The number of pyridine rings is 1. The number of rotatable bonds is 7. The van der Waals surface area contributed by atoms with E-state index in [2.05, 4.69) is 15.6 Å². The van der Waals surface area contributed by atoms with Gasteiger partial charge >= 0.3 is 0 Å². The molecule has 0 spiro atoms. The molecule has 1 rings (SSSR count). The number of aliphatic hydroxyl groups excluding tert-OH is 1. The second-order valence-corrected chi connectivity index (χ2v) is 3.94. The summed E-state index contributed by atoms with van der Waals surface area (Å²) < 4.78 is 0. The van der Waals surface area contributed by atoms with Crippen LogP contribution in [0.5, 0.6) is 0 Å². The molecule has 0 fully saturated rings. The van der Waals surface area contributed by atoms with Gasteiger partial charge in [-0.15, -0.1) is 0 Å². The first-order valence-electron chi connectivity index (χ1n) is 5.84. The van der Waals surface area contributed by atoms with Crippen LogP contribution in [0.1, 0.15) is 20.3 Å². The van der Waals surface area contributed by atoms with Crippen LogP contribution in [0.15, 0.2) is 12.1 Å². The van der Waals surface area contributed by atoms with Crippen LogP contribution in [-0.4, -0.2) is 34.2 Å². The average Bonchev–Trinajstić information content (AvgIpc) is 2.29. The predicted octanol–water partition coefficient (Wildman–Crippen LogP) is 1.60. The monoisotopic (exact) mass is 254 g/mol. The van der Waals surface area contributed by atoms with E-state index in [1.165, 1.54) is 12.1 Å². The summed E-state index contributed by atoms with van der Waals surface area (Å²) >= 11 is 0. The maximum absolute atomic E-state index is 10.8. The van der Waals surface area contributed by atoms with Crippen molar-refractivity contribution < 1.29 is 10.0 Å². The molecular formula is C11H18N4O3. The van der Waals surface area contributed by atoms with E-state index in [-0.39, 0.29) is 18.3 Å². The van der Waals surface area contributed by atoms with Gasteiger partial charge in [0.05, 0.1) is 17.1 Å². The SMILES string of the molecule is CCNc1cc([N+](=O)[O-])cc(NC(C)CCO)n1. The molecule has 0 aliphatic carbocycles. The maximum Gasteiger partial charge on any atom is 0.276 e. The van der Waals surface area contributed by atoms with Crippen molar-refractivity contribution >= 4 is 17.3 Å². The standard InChI is InChI=1S/C11H18N4O3/c1-3-12-10-6-9(15(17)18)7-11(14-10)13-8(2)4-5-16/h6-8,16H,3-5H2,1-2H3,(H2,12,13,14). The summed E-state index contributed by atoms with van der Waals surface area (Å²) in [7, 11) is 0. The van der Waals surface area contributed by atoms with E-state index in [0.29, 0.717) is 24.6 Å². The first-order valence-corrected chi connectivity index (χ1v) is 5.84. The van der Waals surface area contributed by atoms with Gasteiger partial charge in [0.25, 0.3) is 5.69 Å². The van der Waals surface area contributed by atoms with Gasteiger partial charge in [-0.3, -0.25) is 10.1 Å². The number of nitrogens with zero attached hydrogens (tertiary/aromatic N) is 2. The smallest absolute Gasteiger partial charge is 0.276 e. The molecule has 3 N–H and O–H groups in total. The fourth-order valence-electron chi connectivity index (χ4n) is 1.49. The topological polar surface area (TPSA) is 100 Å². The van der Waals surface area contributed by atoms with Gasteiger partial charge in [0, 0.05) is 19.2 Å². The molecule has 18 heavy (non-hydrogen) atoms. The number of hydrogen-bond acceptors (Lipinski definition) is 6. The molecule has 7 nitrogen and oxygen atoms in total. The minimum atomic E-state index is -0.454. The third-order valence-electron chi connectivity index (χ3n) is 2.34. The van der Waals surface area contributed by atoms with Crippen LogP contribution in [0.2, 0.25) is 0 Å². The Balaban J connectivity index is 2.91. The zero-order valence-corrected chi connectivity index (χ0v) is 10.5. The van der Waals surface area contributed by atoms with Crippen molar-refractivity contribution in [1.82, 2.24) is 4.98 Å². The molecule has 1 heterocycles. The number of aromatic nitrogens is 1. The minimum Gasteiger partial charge on any atom is -0.396 e. The zero-order chi connectivity index (χ0) is 13.5. The zero-order valence-electron chi connectivity index (χ0n) is 10.5. The summed E-state index contributed by atoms with van der Waals surface area (Å²) in [5.74, 6) is 0.895. The molecule has 0 aliphatic rings. The second kappa shape index (κ2) is 6.75. The van der Waals surface area contributed by atoms with Gasteiger partial charge in [0.1, 0.15) is 11.6 Å². The van der Waals surface area contributed by atoms with Crippen LogP contribution in [0.25, 0.3) is 0 Å². The molecule has 1 unspecified atom stereocenters. The molecule has 1 aromatic heterocycles. The Labute approximate surface area is 105 Å². The quantitative estimate of drug-likeness (QED) is 0.505. The van der Waals surface area contributed by atoms with Crippen LogP contribution >= 0.6 is 0 Å². The van der Waals surface area contributed by atoms with Crippen molar-refractivity contribution in [3.8, 4) is 0 Å². The molecular weight excluding hydrogens is 236 g/mol. The Bertz CT molecular complexity index is 411. The Morgan fingerprint density at radius 1 is 1.50 bits per heavy atom. The first-order chi connectivity index (χ1) is 8.56. The van der Waals surface area contributed by atoms with Crippen LogP contribution in [0.4, 0.5) is 17.3 Å². The van der Waals surface area contributed by atoms with E-state index in [1.807, 2.05) is 13.8 Å². The van der Waals surface area contributed by atoms with E-state index in [9.17, 15) is 10.1 Å². The van der Waals surface area contributed by atoms with Crippen molar-refractivity contribution in [2.75, 3.05) is 23.8 Å². The first kappa shape index (κ1) is 14.2. The third-order valence-corrected chi connectivity index (χ3v) is 2.34. The Kier molecular flexibility index (Phi) is 5.31. The molecule has 0 amide bonds. The number of nitrogens with one attached hydrogen (secondary N) is 2.